The van der Waals surface area contributed by atoms with E-state index in [4.69, 9.17) is 5.11 Å². The number of hydrogen-bond acceptors (Lipinski definition) is 4. The molecule has 3 rings (SSSR count). The molecule has 2 N–H and O–H groups in total. The van der Waals surface area contributed by atoms with E-state index in [0.29, 0.717) is 11.3 Å². The van der Waals surface area contributed by atoms with Gasteiger partial charge in [0, 0.05) is 17.9 Å². The molecule has 116 valence electrons. The fourth-order valence-corrected chi connectivity index (χ4v) is 4.50. The molecular formula is C15H16N2O4S. The van der Waals surface area contributed by atoms with Crippen molar-refractivity contribution in [1.29, 1.82) is 0 Å². The number of amides is 2. The van der Waals surface area contributed by atoms with Crippen LogP contribution in [0.3, 0.4) is 0 Å². The van der Waals surface area contributed by atoms with Crippen molar-refractivity contribution in [3.63, 3.8) is 0 Å². The second-order valence-corrected chi connectivity index (χ2v) is 6.67. The van der Waals surface area contributed by atoms with E-state index in [-0.39, 0.29) is 30.2 Å². The van der Waals surface area contributed by atoms with E-state index in [9.17, 15) is 14.4 Å². The molecule has 22 heavy (non-hydrogen) atoms. The Bertz CT molecular complexity index is 663. The maximum absolute atomic E-state index is 12.6. The second kappa shape index (κ2) is 5.31. The zero-order valence-electron chi connectivity index (χ0n) is 12.0. The Morgan fingerprint density at radius 2 is 2.18 bits per heavy atom. The topological polar surface area (TPSA) is 86.7 Å². The fraction of sp³-hybridized carbons (Fsp3) is 0.400. The van der Waals surface area contributed by atoms with E-state index >= 15 is 0 Å². The summed E-state index contributed by atoms with van der Waals surface area (Å²) in [5.41, 5.74) is 0.632. The SMILES string of the molecule is C[C@]1(C(=O)NCCC(=O)O)CS[C@@H]2c3ccccc3C(=O)N21. The van der Waals surface area contributed by atoms with Gasteiger partial charge >= 0.3 is 5.97 Å². The van der Waals surface area contributed by atoms with Crippen LogP contribution in [0.4, 0.5) is 0 Å². The first kappa shape index (κ1) is 14.9. The van der Waals surface area contributed by atoms with Crippen molar-refractivity contribution in [2.75, 3.05) is 12.3 Å². The summed E-state index contributed by atoms with van der Waals surface area (Å²) in [5, 5.41) is 11.1. The van der Waals surface area contributed by atoms with Crippen LogP contribution in [0.25, 0.3) is 0 Å². The smallest absolute Gasteiger partial charge is 0.305 e. The molecule has 0 aliphatic carbocycles. The number of carbonyl (C=O) groups is 3. The van der Waals surface area contributed by atoms with Crippen LogP contribution < -0.4 is 5.32 Å². The largest absolute Gasteiger partial charge is 0.481 e. The van der Waals surface area contributed by atoms with Gasteiger partial charge in [0.2, 0.25) is 5.91 Å². The number of nitrogens with one attached hydrogen (secondary N) is 1. The molecule has 1 saturated heterocycles. The van der Waals surface area contributed by atoms with Gasteiger partial charge in [-0.1, -0.05) is 18.2 Å². The van der Waals surface area contributed by atoms with E-state index < -0.39 is 11.5 Å². The van der Waals surface area contributed by atoms with Crippen LogP contribution in [0.15, 0.2) is 24.3 Å². The molecular weight excluding hydrogens is 304 g/mol. The first-order chi connectivity index (χ1) is 10.4. The summed E-state index contributed by atoms with van der Waals surface area (Å²) in [6.07, 6.45) is -0.132. The van der Waals surface area contributed by atoms with Crippen LogP contribution in [-0.2, 0) is 9.59 Å². The Morgan fingerprint density at radius 1 is 1.45 bits per heavy atom. The minimum absolute atomic E-state index is 0.0636. The number of aliphatic carboxylic acids is 1. The molecule has 2 aliphatic heterocycles. The number of carboxylic acids is 1. The highest BCUT2D eigenvalue weighted by Gasteiger charge is 2.55. The minimum Gasteiger partial charge on any atom is -0.481 e. The van der Waals surface area contributed by atoms with Gasteiger partial charge in [-0.15, -0.1) is 11.8 Å². The van der Waals surface area contributed by atoms with Gasteiger partial charge < -0.3 is 15.3 Å². The number of fused-ring (bicyclic) bond motifs is 3. The van der Waals surface area contributed by atoms with E-state index in [1.54, 1.807) is 29.7 Å². The Hall–Kier alpha value is -2.02. The first-order valence-corrected chi connectivity index (χ1v) is 8.04. The Labute approximate surface area is 131 Å². The van der Waals surface area contributed by atoms with Crippen LogP contribution in [0.2, 0.25) is 0 Å². The van der Waals surface area contributed by atoms with Gasteiger partial charge in [-0.2, -0.15) is 0 Å². The number of carbonyl (C=O) groups excluding carboxylic acids is 2. The summed E-state index contributed by atoms with van der Waals surface area (Å²) in [4.78, 5) is 37.3. The summed E-state index contributed by atoms with van der Waals surface area (Å²) in [6.45, 7) is 1.80. The lowest BCUT2D eigenvalue weighted by Crippen LogP contribution is -2.56. The zero-order valence-corrected chi connectivity index (χ0v) is 12.9. The number of thioether (sulfide) groups is 1. The van der Waals surface area contributed by atoms with E-state index in [0.717, 1.165) is 5.56 Å². The van der Waals surface area contributed by atoms with Crippen molar-refractivity contribution < 1.29 is 19.5 Å². The average Bonchev–Trinajstić information content (AvgIpc) is 2.98. The van der Waals surface area contributed by atoms with Crippen molar-refractivity contribution in [2.24, 2.45) is 0 Å². The lowest BCUT2D eigenvalue weighted by atomic mass is 10.0. The molecule has 0 radical (unpaired) electrons. The van der Waals surface area contributed by atoms with Gasteiger partial charge in [-0.3, -0.25) is 14.4 Å². The highest BCUT2D eigenvalue weighted by molar-refractivity contribution is 7.99. The predicted molar refractivity (Wildman–Crippen MR) is 81.5 cm³/mol. The molecule has 1 aromatic carbocycles. The minimum atomic E-state index is -0.964. The van der Waals surface area contributed by atoms with E-state index in [1.807, 2.05) is 18.2 Å². The summed E-state index contributed by atoms with van der Waals surface area (Å²) >= 11 is 1.56. The number of nitrogens with zero attached hydrogens (tertiary/aromatic N) is 1. The zero-order chi connectivity index (χ0) is 15.9. The first-order valence-electron chi connectivity index (χ1n) is 6.99. The van der Waals surface area contributed by atoms with E-state index in [1.165, 1.54) is 0 Å². The van der Waals surface area contributed by atoms with Gasteiger partial charge in [-0.25, -0.2) is 0 Å². The summed E-state index contributed by atoms with van der Waals surface area (Å²) in [5.74, 6) is -0.906. The third-order valence-corrected chi connectivity index (χ3v) is 5.59. The van der Waals surface area contributed by atoms with Crippen molar-refractivity contribution in [3.8, 4) is 0 Å². The maximum atomic E-state index is 12.6. The number of carboxylic acid groups (broad SMARTS) is 1. The molecule has 1 aromatic rings. The molecule has 1 fully saturated rings. The lowest BCUT2D eigenvalue weighted by Gasteiger charge is -2.32. The lowest BCUT2D eigenvalue weighted by molar-refractivity contribution is -0.137. The third kappa shape index (κ3) is 2.16. The van der Waals surface area contributed by atoms with Gasteiger partial charge in [0.15, 0.2) is 0 Å². The van der Waals surface area contributed by atoms with Gasteiger partial charge in [0.05, 0.1) is 6.42 Å². The van der Waals surface area contributed by atoms with Gasteiger partial charge in [0.25, 0.3) is 5.91 Å². The van der Waals surface area contributed by atoms with Crippen molar-refractivity contribution in [1.82, 2.24) is 10.2 Å². The quantitative estimate of drug-likeness (QED) is 0.871. The molecule has 0 saturated carbocycles. The van der Waals surface area contributed by atoms with Gasteiger partial charge in [0.1, 0.15) is 10.9 Å². The molecule has 2 aliphatic rings. The van der Waals surface area contributed by atoms with E-state index in [2.05, 4.69) is 5.32 Å². The molecule has 6 nitrogen and oxygen atoms in total. The second-order valence-electron chi connectivity index (χ2n) is 5.60. The Morgan fingerprint density at radius 3 is 2.91 bits per heavy atom. The maximum Gasteiger partial charge on any atom is 0.305 e. The number of benzene rings is 1. The summed E-state index contributed by atoms with van der Waals surface area (Å²) in [6, 6.07) is 7.39. The Kier molecular flexibility index (Phi) is 3.60. The van der Waals surface area contributed by atoms with Crippen LogP contribution in [0, 0.1) is 0 Å². The highest BCUT2D eigenvalue weighted by Crippen LogP contribution is 2.52. The monoisotopic (exact) mass is 320 g/mol. The fourth-order valence-electron chi connectivity index (χ4n) is 2.89. The molecule has 0 aromatic heterocycles. The third-order valence-electron chi connectivity index (χ3n) is 4.08. The normalized spacial score (nSPS) is 25.8. The molecule has 0 unspecified atom stereocenters. The highest BCUT2D eigenvalue weighted by atomic mass is 32.2. The van der Waals surface area contributed by atoms with Crippen LogP contribution >= 0.6 is 11.8 Å². The van der Waals surface area contributed by atoms with Crippen molar-refractivity contribution in [3.05, 3.63) is 35.4 Å². The average molecular weight is 320 g/mol. The van der Waals surface area contributed by atoms with Crippen LogP contribution in [-0.4, -0.2) is 45.6 Å². The summed E-state index contributed by atoms with van der Waals surface area (Å²) < 4.78 is 0. The molecule has 0 bridgehead atoms. The standard InChI is InChI=1S/C15H16N2O4S/c1-15(14(21)16-7-6-11(18)19)8-22-13-10-5-3-2-4-9(10)12(20)17(13)15/h2-5,13H,6-8H2,1H3,(H,16,21)(H,18,19)/t13-,15-/m1/s1. The number of rotatable bonds is 4. The number of hydrogen-bond donors (Lipinski definition) is 2. The van der Waals surface area contributed by atoms with Gasteiger partial charge in [-0.05, 0) is 18.6 Å². The van der Waals surface area contributed by atoms with Crippen LogP contribution in [0.5, 0.6) is 0 Å². The summed E-state index contributed by atoms with van der Waals surface area (Å²) in [7, 11) is 0. The van der Waals surface area contributed by atoms with Crippen LogP contribution in [0.1, 0.15) is 34.6 Å². The molecule has 2 atom stereocenters. The molecule has 2 heterocycles. The molecule has 7 heteroatoms. The molecule has 2 amide bonds. The van der Waals surface area contributed by atoms with Crippen molar-refractivity contribution in [2.45, 2.75) is 24.3 Å². The molecule has 0 spiro atoms. The predicted octanol–water partition coefficient (Wildman–Crippen LogP) is 1.24. The van der Waals surface area contributed by atoms with Crippen molar-refractivity contribution >= 4 is 29.5 Å². The Balaban J connectivity index is 1.81.